The first-order chi connectivity index (χ1) is 14.4. The van der Waals surface area contributed by atoms with E-state index in [0.29, 0.717) is 22.1 Å². The van der Waals surface area contributed by atoms with Gasteiger partial charge in [-0.3, -0.25) is 19.3 Å². The van der Waals surface area contributed by atoms with E-state index in [9.17, 15) is 14.4 Å². The summed E-state index contributed by atoms with van der Waals surface area (Å²) in [6, 6.07) is 12.5. The lowest BCUT2D eigenvalue weighted by atomic mass is 10.1. The van der Waals surface area contributed by atoms with E-state index in [0.717, 1.165) is 22.2 Å². The van der Waals surface area contributed by atoms with Crippen molar-refractivity contribution in [2.75, 3.05) is 20.8 Å². The third-order valence-electron chi connectivity index (χ3n) is 4.21. The number of hydrogen-bond acceptors (Lipinski definition) is 7. The van der Waals surface area contributed by atoms with Crippen LogP contribution in [0.2, 0.25) is 5.02 Å². The average Bonchev–Trinajstić information content (AvgIpc) is 3.00. The Kier molecular flexibility index (Phi) is 7.02. The summed E-state index contributed by atoms with van der Waals surface area (Å²) >= 11 is 6.93. The van der Waals surface area contributed by atoms with E-state index < -0.39 is 23.7 Å². The molecule has 0 bridgehead atoms. The van der Waals surface area contributed by atoms with Gasteiger partial charge >= 0.3 is 5.97 Å². The highest BCUT2D eigenvalue weighted by atomic mass is 35.5. The topological polar surface area (TPSA) is 82.1 Å². The Labute approximate surface area is 182 Å². The Morgan fingerprint density at radius 1 is 1.13 bits per heavy atom. The van der Waals surface area contributed by atoms with E-state index in [1.807, 2.05) is 18.2 Å². The van der Waals surface area contributed by atoms with Crippen molar-refractivity contribution in [3.8, 4) is 11.5 Å². The summed E-state index contributed by atoms with van der Waals surface area (Å²) in [6.07, 6.45) is 1.56. The highest BCUT2D eigenvalue weighted by Crippen LogP contribution is 2.35. The van der Waals surface area contributed by atoms with Gasteiger partial charge in [-0.15, -0.1) is 0 Å². The Balaban J connectivity index is 1.81. The van der Waals surface area contributed by atoms with E-state index in [1.165, 1.54) is 14.2 Å². The number of hydrogen-bond donors (Lipinski definition) is 0. The molecule has 1 fully saturated rings. The van der Waals surface area contributed by atoms with Crippen molar-refractivity contribution in [3.63, 3.8) is 0 Å². The Hall–Kier alpha value is -2.97. The predicted octanol–water partition coefficient (Wildman–Crippen LogP) is 4.14. The zero-order valence-corrected chi connectivity index (χ0v) is 17.8. The quantitative estimate of drug-likeness (QED) is 0.466. The average molecular weight is 448 g/mol. The number of halogens is 1. The van der Waals surface area contributed by atoms with E-state index in [2.05, 4.69) is 4.74 Å². The van der Waals surface area contributed by atoms with Gasteiger partial charge in [-0.2, -0.15) is 0 Å². The maximum absolute atomic E-state index is 12.5. The molecule has 3 rings (SSSR count). The minimum absolute atomic E-state index is 0.200. The molecule has 1 aliphatic heterocycles. The second-order valence-electron chi connectivity index (χ2n) is 6.13. The maximum Gasteiger partial charge on any atom is 0.325 e. The van der Waals surface area contributed by atoms with Crippen LogP contribution in [0.25, 0.3) is 6.08 Å². The van der Waals surface area contributed by atoms with Crippen LogP contribution in [-0.2, 0) is 20.9 Å². The fourth-order valence-electron chi connectivity index (χ4n) is 2.65. The second-order valence-corrected chi connectivity index (χ2v) is 7.53. The lowest BCUT2D eigenvalue weighted by Crippen LogP contribution is -2.34. The molecule has 0 radical (unpaired) electrons. The van der Waals surface area contributed by atoms with Crippen LogP contribution in [0.15, 0.2) is 47.4 Å². The van der Waals surface area contributed by atoms with E-state index in [1.54, 1.807) is 30.3 Å². The molecule has 0 spiro atoms. The van der Waals surface area contributed by atoms with Gasteiger partial charge in [0.1, 0.15) is 13.2 Å². The van der Waals surface area contributed by atoms with Crippen molar-refractivity contribution in [3.05, 3.63) is 63.5 Å². The molecular weight excluding hydrogens is 430 g/mol. The van der Waals surface area contributed by atoms with Crippen molar-refractivity contribution >= 4 is 46.6 Å². The van der Waals surface area contributed by atoms with E-state index >= 15 is 0 Å². The fraction of sp³-hybridized carbons (Fsp3) is 0.190. The molecule has 0 aromatic heterocycles. The zero-order valence-electron chi connectivity index (χ0n) is 16.2. The van der Waals surface area contributed by atoms with Gasteiger partial charge in [0.15, 0.2) is 11.5 Å². The monoisotopic (exact) mass is 447 g/mol. The third-order valence-corrected chi connectivity index (χ3v) is 5.49. The van der Waals surface area contributed by atoms with Gasteiger partial charge in [0, 0.05) is 10.6 Å². The number of benzene rings is 2. The number of esters is 1. The summed E-state index contributed by atoms with van der Waals surface area (Å²) in [5.74, 6) is -0.249. The minimum atomic E-state index is -0.668. The number of amides is 2. The maximum atomic E-state index is 12.5. The van der Waals surface area contributed by atoms with Crippen LogP contribution in [0, 0.1) is 0 Å². The molecule has 0 N–H and O–H groups in total. The molecule has 2 aromatic carbocycles. The summed E-state index contributed by atoms with van der Waals surface area (Å²) in [5, 5.41) is 0.0623. The van der Waals surface area contributed by atoms with Gasteiger partial charge in [0.25, 0.3) is 11.1 Å². The van der Waals surface area contributed by atoms with Crippen LogP contribution in [0.1, 0.15) is 11.1 Å². The minimum Gasteiger partial charge on any atom is -0.493 e. The second kappa shape index (κ2) is 9.69. The van der Waals surface area contributed by atoms with Crippen LogP contribution in [0.5, 0.6) is 11.5 Å². The number of carbonyl (C=O) groups excluding carboxylic acids is 3. The molecule has 1 aliphatic rings. The van der Waals surface area contributed by atoms with Crippen molar-refractivity contribution < 1.29 is 28.6 Å². The van der Waals surface area contributed by atoms with Crippen molar-refractivity contribution in [1.29, 1.82) is 0 Å². The lowest BCUT2D eigenvalue weighted by molar-refractivity contribution is -0.143. The van der Waals surface area contributed by atoms with Gasteiger partial charge in [-0.05, 0) is 41.6 Å². The number of rotatable bonds is 7. The molecular formula is C21H18ClNO6S. The van der Waals surface area contributed by atoms with Crippen molar-refractivity contribution in [2.24, 2.45) is 0 Å². The summed E-state index contributed by atoms with van der Waals surface area (Å²) < 4.78 is 15.7. The molecule has 1 heterocycles. The van der Waals surface area contributed by atoms with Crippen LogP contribution in [-0.4, -0.2) is 42.8 Å². The molecule has 9 heteroatoms. The molecule has 156 valence electrons. The highest BCUT2D eigenvalue weighted by molar-refractivity contribution is 8.18. The van der Waals surface area contributed by atoms with E-state index in [4.69, 9.17) is 21.1 Å². The number of thioether (sulfide) groups is 1. The van der Waals surface area contributed by atoms with Crippen LogP contribution >= 0.6 is 23.4 Å². The number of imide groups is 1. The van der Waals surface area contributed by atoms with Crippen molar-refractivity contribution in [2.45, 2.75) is 6.61 Å². The van der Waals surface area contributed by atoms with Gasteiger partial charge in [0.2, 0.25) is 0 Å². The Morgan fingerprint density at radius 3 is 2.60 bits per heavy atom. The van der Waals surface area contributed by atoms with E-state index in [-0.39, 0.29) is 11.5 Å². The Bertz CT molecular complexity index is 1020. The SMILES string of the molecule is COC(=O)CN1C(=O)S/C(=C\c2ccc(OC)c(OCc3ccccc3Cl)c2)C1=O. The predicted molar refractivity (Wildman–Crippen MR) is 113 cm³/mol. The largest absolute Gasteiger partial charge is 0.493 e. The molecule has 1 saturated heterocycles. The number of nitrogens with zero attached hydrogens (tertiary/aromatic N) is 1. The number of ether oxygens (including phenoxy) is 3. The molecule has 2 aromatic rings. The number of carbonyl (C=O) groups is 3. The smallest absolute Gasteiger partial charge is 0.325 e. The lowest BCUT2D eigenvalue weighted by Gasteiger charge is -2.12. The van der Waals surface area contributed by atoms with Gasteiger partial charge < -0.3 is 14.2 Å². The number of methoxy groups -OCH3 is 2. The first-order valence-electron chi connectivity index (χ1n) is 8.79. The summed E-state index contributed by atoms with van der Waals surface area (Å²) in [4.78, 5) is 37.0. The van der Waals surface area contributed by atoms with Crippen molar-refractivity contribution in [1.82, 2.24) is 4.90 Å². The molecule has 0 saturated carbocycles. The summed E-state index contributed by atoms with van der Waals surface area (Å²) in [7, 11) is 2.72. The summed E-state index contributed by atoms with van der Waals surface area (Å²) in [5.41, 5.74) is 1.45. The molecule has 0 unspecified atom stereocenters. The molecule has 2 amide bonds. The molecule has 0 aliphatic carbocycles. The first-order valence-corrected chi connectivity index (χ1v) is 9.98. The van der Waals surface area contributed by atoms with Crippen LogP contribution in [0.3, 0.4) is 0 Å². The fourth-order valence-corrected chi connectivity index (χ4v) is 3.68. The van der Waals surface area contributed by atoms with Gasteiger partial charge in [-0.25, -0.2) is 0 Å². The summed E-state index contributed by atoms with van der Waals surface area (Å²) in [6.45, 7) is -0.192. The first kappa shape index (κ1) is 21.7. The van der Waals surface area contributed by atoms with Crippen LogP contribution in [0.4, 0.5) is 4.79 Å². The Morgan fingerprint density at radius 2 is 1.90 bits per heavy atom. The standard InChI is InChI=1S/C21H18ClNO6S/c1-27-16-8-7-13(9-17(16)29-12-14-5-3-4-6-15(14)22)10-18-20(25)23(21(26)30-18)11-19(24)28-2/h3-10H,11-12H2,1-2H3/b18-10-. The zero-order chi connectivity index (χ0) is 21.7. The van der Waals surface area contributed by atoms with Gasteiger partial charge in [0.05, 0.1) is 19.1 Å². The highest BCUT2D eigenvalue weighted by Gasteiger charge is 2.36. The normalized spacial score (nSPS) is 14.9. The van der Waals surface area contributed by atoms with Crippen LogP contribution < -0.4 is 9.47 Å². The van der Waals surface area contributed by atoms with Gasteiger partial charge in [-0.1, -0.05) is 35.9 Å². The molecule has 0 atom stereocenters. The molecule has 7 nitrogen and oxygen atoms in total. The molecule has 30 heavy (non-hydrogen) atoms. The third kappa shape index (κ3) is 4.95.